The van der Waals surface area contributed by atoms with E-state index in [0.29, 0.717) is 33.2 Å². The van der Waals surface area contributed by atoms with Gasteiger partial charge in [0.1, 0.15) is 5.75 Å². The van der Waals surface area contributed by atoms with E-state index in [1.165, 1.54) is 6.20 Å². The number of nitrogens with zero attached hydrogens (tertiary/aromatic N) is 3. The molecular formula is C17H15Cl2N5O. The largest absolute Gasteiger partial charge is 0.495 e. The smallest absolute Gasteiger partial charge is 0.249 e. The molecule has 0 spiro atoms. The van der Waals surface area contributed by atoms with Crippen LogP contribution in [0.25, 0.3) is 0 Å². The van der Waals surface area contributed by atoms with Crippen LogP contribution in [0.2, 0.25) is 10.0 Å². The van der Waals surface area contributed by atoms with Crippen molar-refractivity contribution in [2.45, 2.75) is 6.92 Å². The Morgan fingerprint density at radius 1 is 1.04 bits per heavy atom. The number of ether oxygens (including phenoxy) is 1. The van der Waals surface area contributed by atoms with Crippen LogP contribution in [0.1, 0.15) is 5.56 Å². The Bertz CT molecular complexity index is 887. The van der Waals surface area contributed by atoms with Gasteiger partial charge in [0.05, 0.1) is 19.0 Å². The molecule has 0 atom stereocenters. The van der Waals surface area contributed by atoms with Gasteiger partial charge in [-0.1, -0.05) is 23.2 Å². The first-order chi connectivity index (χ1) is 12.0. The summed E-state index contributed by atoms with van der Waals surface area (Å²) in [4.78, 5) is 4.40. The molecule has 0 bridgehead atoms. The second kappa shape index (κ2) is 7.55. The van der Waals surface area contributed by atoms with E-state index in [9.17, 15) is 0 Å². The number of nitrogens with one attached hydrogen (secondary N) is 2. The Balaban J connectivity index is 1.82. The van der Waals surface area contributed by atoms with Gasteiger partial charge in [-0.25, -0.2) is 0 Å². The minimum atomic E-state index is 0.332. The summed E-state index contributed by atoms with van der Waals surface area (Å²) in [6.07, 6.45) is 1.53. The Kier molecular flexibility index (Phi) is 5.21. The van der Waals surface area contributed by atoms with Gasteiger partial charge in [-0.05, 0) is 42.8 Å². The number of hydrogen-bond donors (Lipinski definition) is 2. The molecule has 0 unspecified atom stereocenters. The fourth-order valence-corrected chi connectivity index (χ4v) is 2.43. The normalized spacial score (nSPS) is 10.4. The molecule has 0 amide bonds. The molecule has 6 nitrogen and oxygen atoms in total. The first-order valence-electron chi connectivity index (χ1n) is 7.38. The first-order valence-corrected chi connectivity index (χ1v) is 8.14. The molecule has 2 N–H and O–H groups in total. The van der Waals surface area contributed by atoms with Crippen molar-refractivity contribution in [3.63, 3.8) is 0 Å². The first kappa shape index (κ1) is 17.3. The van der Waals surface area contributed by atoms with Gasteiger partial charge in [0.25, 0.3) is 0 Å². The van der Waals surface area contributed by atoms with Crippen LogP contribution in [0.15, 0.2) is 42.6 Å². The molecule has 1 heterocycles. The summed E-state index contributed by atoms with van der Waals surface area (Å²) in [5.74, 6) is 1.47. The van der Waals surface area contributed by atoms with Crippen molar-refractivity contribution in [2.24, 2.45) is 0 Å². The third-order valence-corrected chi connectivity index (χ3v) is 4.06. The van der Waals surface area contributed by atoms with E-state index in [2.05, 4.69) is 25.8 Å². The molecule has 1 aromatic heterocycles. The zero-order chi connectivity index (χ0) is 17.8. The van der Waals surface area contributed by atoms with E-state index in [1.807, 2.05) is 25.1 Å². The van der Waals surface area contributed by atoms with E-state index in [-0.39, 0.29) is 0 Å². The maximum absolute atomic E-state index is 6.12. The third kappa shape index (κ3) is 4.29. The Morgan fingerprint density at radius 2 is 1.80 bits per heavy atom. The summed E-state index contributed by atoms with van der Waals surface area (Å²) in [7, 11) is 1.57. The van der Waals surface area contributed by atoms with E-state index >= 15 is 0 Å². The highest BCUT2D eigenvalue weighted by Gasteiger charge is 2.09. The van der Waals surface area contributed by atoms with Crippen molar-refractivity contribution in [2.75, 3.05) is 17.7 Å². The van der Waals surface area contributed by atoms with Gasteiger partial charge in [0.15, 0.2) is 5.82 Å². The van der Waals surface area contributed by atoms with Crippen LogP contribution in [-0.4, -0.2) is 22.3 Å². The van der Waals surface area contributed by atoms with Gasteiger partial charge in [-0.15, -0.1) is 5.10 Å². The third-order valence-electron chi connectivity index (χ3n) is 3.40. The molecule has 3 aromatic rings. The fraction of sp³-hybridized carbons (Fsp3) is 0.118. The second-order valence-electron chi connectivity index (χ2n) is 5.22. The molecule has 0 fully saturated rings. The molecule has 3 rings (SSSR count). The molecule has 2 aromatic carbocycles. The van der Waals surface area contributed by atoms with Crippen molar-refractivity contribution in [3.05, 3.63) is 58.2 Å². The van der Waals surface area contributed by atoms with E-state index in [1.54, 1.807) is 25.3 Å². The summed E-state index contributed by atoms with van der Waals surface area (Å²) in [6.45, 7) is 1.91. The van der Waals surface area contributed by atoms with Crippen molar-refractivity contribution >= 4 is 46.3 Å². The van der Waals surface area contributed by atoms with Crippen LogP contribution in [0.3, 0.4) is 0 Å². The lowest BCUT2D eigenvalue weighted by Crippen LogP contribution is -2.03. The quantitative estimate of drug-likeness (QED) is 0.654. The number of anilines is 4. The average molecular weight is 376 g/mol. The summed E-state index contributed by atoms with van der Waals surface area (Å²) >= 11 is 12.0. The van der Waals surface area contributed by atoms with Crippen molar-refractivity contribution in [1.29, 1.82) is 0 Å². The van der Waals surface area contributed by atoms with E-state index in [0.717, 1.165) is 11.3 Å². The molecular weight excluding hydrogens is 361 g/mol. The zero-order valence-corrected chi connectivity index (χ0v) is 15.1. The number of rotatable bonds is 5. The molecule has 0 saturated carbocycles. The lowest BCUT2D eigenvalue weighted by Gasteiger charge is -2.12. The van der Waals surface area contributed by atoms with Gasteiger partial charge >= 0.3 is 0 Å². The molecule has 0 aliphatic heterocycles. The van der Waals surface area contributed by atoms with Crippen molar-refractivity contribution in [1.82, 2.24) is 15.2 Å². The molecule has 25 heavy (non-hydrogen) atoms. The summed E-state index contributed by atoms with van der Waals surface area (Å²) in [5, 5.41) is 15.5. The lowest BCUT2D eigenvalue weighted by molar-refractivity contribution is 0.416. The van der Waals surface area contributed by atoms with Gasteiger partial charge in [0.2, 0.25) is 5.95 Å². The molecule has 0 saturated heterocycles. The summed E-state index contributed by atoms with van der Waals surface area (Å²) < 4.78 is 5.34. The fourth-order valence-electron chi connectivity index (χ4n) is 2.15. The van der Waals surface area contributed by atoms with Gasteiger partial charge in [-0.3, -0.25) is 0 Å². The predicted octanol–water partition coefficient (Wildman–Crippen LogP) is 4.98. The van der Waals surface area contributed by atoms with Crippen molar-refractivity contribution < 1.29 is 4.74 Å². The monoisotopic (exact) mass is 375 g/mol. The van der Waals surface area contributed by atoms with Crippen LogP contribution in [0.5, 0.6) is 5.75 Å². The number of aryl methyl sites for hydroxylation is 1. The predicted molar refractivity (Wildman–Crippen MR) is 101 cm³/mol. The van der Waals surface area contributed by atoms with E-state index in [4.69, 9.17) is 27.9 Å². The number of methoxy groups -OCH3 is 1. The van der Waals surface area contributed by atoms with Crippen LogP contribution in [-0.2, 0) is 0 Å². The Morgan fingerprint density at radius 3 is 2.52 bits per heavy atom. The highest BCUT2D eigenvalue weighted by Crippen LogP contribution is 2.32. The van der Waals surface area contributed by atoms with Crippen LogP contribution >= 0.6 is 23.2 Å². The number of hydrogen-bond acceptors (Lipinski definition) is 6. The highest BCUT2D eigenvalue weighted by atomic mass is 35.5. The standard InChI is InChI=1S/C17H15Cl2N5O/c1-10-7-14(15(25-2)8-13(10)19)22-17-23-16(9-20-24-17)21-12-5-3-11(18)4-6-12/h3-9H,1-2H3,(H2,21,22,23,24). The maximum Gasteiger partial charge on any atom is 0.249 e. The van der Waals surface area contributed by atoms with Crippen LogP contribution in [0, 0.1) is 6.92 Å². The molecule has 8 heteroatoms. The number of aromatic nitrogens is 3. The molecule has 128 valence electrons. The minimum absolute atomic E-state index is 0.332. The topological polar surface area (TPSA) is 72.0 Å². The summed E-state index contributed by atoms with van der Waals surface area (Å²) in [5.41, 5.74) is 2.46. The van der Waals surface area contributed by atoms with Gasteiger partial charge < -0.3 is 15.4 Å². The van der Waals surface area contributed by atoms with Crippen LogP contribution < -0.4 is 15.4 Å². The van der Waals surface area contributed by atoms with Gasteiger partial charge in [0, 0.05) is 21.8 Å². The van der Waals surface area contributed by atoms with Gasteiger partial charge in [-0.2, -0.15) is 10.1 Å². The Labute approximate surface area is 155 Å². The number of benzene rings is 2. The zero-order valence-electron chi connectivity index (χ0n) is 13.5. The number of halogens is 2. The van der Waals surface area contributed by atoms with Crippen molar-refractivity contribution in [3.8, 4) is 5.75 Å². The average Bonchev–Trinajstić information content (AvgIpc) is 2.60. The lowest BCUT2D eigenvalue weighted by atomic mass is 10.2. The SMILES string of the molecule is COc1cc(Cl)c(C)cc1Nc1nncc(Nc2ccc(Cl)cc2)n1. The minimum Gasteiger partial charge on any atom is -0.495 e. The second-order valence-corrected chi connectivity index (χ2v) is 6.07. The molecule has 0 radical (unpaired) electrons. The molecule has 0 aliphatic carbocycles. The Hall–Kier alpha value is -2.57. The molecule has 0 aliphatic rings. The van der Waals surface area contributed by atoms with Crippen LogP contribution in [0.4, 0.5) is 23.1 Å². The maximum atomic E-state index is 6.12. The highest BCUT2D eigenvalue weighted by molar-refractivity contribution is 6.31. The summed E-state index contributed by atoms with van der Waals surface area (Å²) in [6, 6.07) is 10.9. The van der Waals surface area contributed by atoms with E-state index < -0.39 is 0 Å².